The van der Waals surface area contributed by atoms with Crippen LogP contribution in [0.2, 0.25) is 0 Å². The van der Waals surface area contributed by atoms with Gasteiger partial charge in [-0.3, -0.25) is 20.1 Å². The zero-order valence-corrected chi connectivity index (χ0v) is 14.7. The third-order valence-electron chi connectivity index (χ3n) is 4.44. The molecule has 0 aliphatic rings. The van der Waals surface area contributed by atoms with Gasteiger partial charge in [0.1, 0.15) is 11.3 Å². The molecule has 0 spiro atoms. The minimum absolute atomic E-state index is 0.0193. The van der Waals surface area contributed by atoms with Gasteiger partial charge in [0.05, 0.1) is 16.7 Å². The van der Waals surface area contributed by atoms with Crippen molar-refractivity contribution in [1.82, 2.24) is 9.97 Å². The summed E-state index contributed by atoms with van der Waals surface area (Å²) < 4.78 is 0. The van der Waals surface area contributed by atoms with E-state index in [-0.39, 0.29) is 11.4 Å². The van der Waals surface area contributed by atoms with Crippen molar-refractivity contribution in [2.75, 3.05) is 5.32 Å². The van der Waals surface area contributed by atoms with E-state index in [1.54, 1.807) is 36.7 Å². The van der Waals surface area contributed by atoms with Gasteiger partial charge >= 0.3 is 0 Å². The maximum absolute atomic E-state index is 11.1. The van der Waals surface area contributed by atoms with Gasteiger partial charge in [0.25, 0.3) is 5.69 Å². The van der Waals surface area contributed by atoms with Gasteiger partial charge in [-0.1, -0.05) is 30.3 Å². The van der Waals surface area contributed by atoms with Crippen LogP contribution in [0.25, 0.3) is 10.9 Å². The highest BCUT2D eigenvalue weighted by Gasteiger charge is 2.21. The number of non-ortho nitro benzene ring substituents is 1. The fourth-order valence-electron chi connectivity index (χ4n) is 3.11. The van der Waals surface area contributed by atoms with E-state index >= 15 is 0 Å². The Hall–Kier alpha value is -4.00. The van der Waals surface area contributed by atoms with Crippen molar-refractivity contribution in [3.8, 4) is 5.75 Å². The number of fused-ring (bicyclic) bond motifs is 1. The SMILES string of the molecule is O=[N+]([O-])c1cccc(N[C@H](c2ccccn2)c2ccc3cccnc3c2O)c1. The fraction of sp³-hybridized carbons (Fsp3) is 0.0476. The van der Waals surface area contributed by atoms with Crippen LogP contribution in [0.4, 0.5) is 11.4 Å². The Kier molecular flexibility index (Phi) is 4.55. The van der Waals surface area contributed by atoms with Crippen molar-refractivity contribution < 1.29 is 10.0 Å². The minimum atomic E-state index is -0.519. The maximum Gasteiger partial charge on any atom is 0.271 e. The van der Waals surface area contributed by atoms with Crippen molar-refractivity contribution in [1.29, 1.82) is 0 Å². The van der Waals surface area contributed by atoms with E-state index in [2.05, 4.69) is 15.3 Å². The summed E-state index contributed by atoms with van der Waals surface area (Å²) in [5.74, 6) is 0.0479. The Morgan fingerprint density at radius 3 is 2.61 bits per heavy atom. The number of pyridine rings is 2. The van der Waals surface area contributed by atoms with Crippen LogP contribution in [0.1, 0.15) is 17.3 Å². The van der Waals surface area contributed by atoms with Crippen molar-refractivity contribution in [3.05, 3.63) is 100 Å². The van der Waals surface area contributed by atoms with Gasteiger partial charge in [0.2, 0.25) is 0 Å². The quantitative estimate of drug-likeness (QED) is 0.397. The van der Waals surface area contributed by atoms with Gasteiger partial charge in [0.15, 0.2) is 0 Å². The summed E-state index contributed by atoms with van der Waals surface area (Å²) in [6.45, 7) is 0. The van der Waals surface area contributed by atoms with Crippen LogP contribution in [0.15, 0.2) is 79.1 Å². The minimum Gasteiger partial charge on any atom is -0.505 e. The number of nitrogens with zero attached hydrogens (tertiary/aromatic N) is 3. The molecule has 0 radical (unpaired) electrons. The maximum atomic E-state index is 11.1. The largest absolute Gasteiger partial charge is 0.505 e. The third-order valence-corrected chi connectivity index (χ3v) is 4.44. The van der Waals surface area contributed by atoms with E-state index in [0.29, 0.717) is 22.5 Å². The van der Waals surface area contributed by atoms with Gasteiger partial charge in [0, 0.05) is 41.2 Å². The Morgan fingerprint density at radius 1 is 0.964 bits per heavy atom. The number of aromatic hydroxyl groups is 1. The molecule has 7 heteroatoms. The molecule has 0 aliphatic heterocycles. The highest BCUT2D eigenvalue weighted by molar-refractivity contribution is 5.86. The average molecular weight is 372 g/mol. The highest BCUT2D eigenvalue weighted by atomic mass is 16.6. The van der Waals surface area contributed by atoms with Gasteiger partial charge in [-0.25, -0.2) is 0 Å². The van der Waals surface area contributed by atoms with Gasteiger partial charge in [-0.05, 0) is 24.3 Å². The van der Waals surface area contributed by atoms with Gasteiger partial charge in [-0.15, -0.1) is 0 Å². The summed E-state index contributed by atoms with van der Waals surface area (Å²) in [7, 11) is 0. The topological polar surface area (TPSA) is 101 Å². The molecule has 28 heavy (non-hydrogen) atoms. The van der Waals surface area contributed by atoms with Crippen LogP contribution in [0.5, 0.6) is 5.75 Å². The number of aromatic nitrogens is 2. The lowest BCUT2D eigenvalue weighted by atomic mass is 9.99. The zero-order chi connectivity index (χ0) is 19.5. The molecule has 2 heterocycles. The van der Waals surface area contributed by atoms with Crippen LogP contribution in [0.3, 0.4) is 0 Å². The molecule has 4 rings (SSSR count). The molecule has 7 nitrogen and oxygen atoms in total. The molecule has 4 aromatic rings. The number of phenols is 1. The smallest absolute Gasteiger partial charge is 0.271 e. The summed E-state index contributed by atoms with van der Waals surface area (Å²) in [5.41, 5.74) is 2.26. The summed E-state index contributed by atoms with van der Waals surface area (Å²) in [4.78, 5) is 19.3. The fourth-order valence-corrected chi connectivity index (χ4v) is 3.11. The molecule has 2 N–H and O–H groups in total. The molecule has 0 aliphatic carbocycles. The molecule has 0 saturated carbocycles. The van der Waals surface area contributed by atoms with Crippen molar-refractivity contribution in [3.63, 3.8) is 0 Å². The van der Waals surface area contributed by atoms with Gasteiger partial charge in [-0.2, -0.15) is 0 Å². The molecule has 1 atom stereocenters. The Bertz CT molecular complexity index is 1150. The second kappa shape index (κ2) is 7.32. The first-order valence-corrected chi connectivity index (χ1v) is 8.62. The molecular formula is C21H16N4O3. The summed E-state index contributed by atoms with van der Waals surface area (Å²) in [5, 5.41) is 26.0. The number of hydrogen-bond donors (Lipinski definition) is 2. The van der Waals surface area contributed by atoms with E-state index in [1.165, 1.54) is 12.1 Å². The normalized spacial score (nSPS) is 11.9. The van der Waals surface area contributed by atoms with E-state index < -0.39 is 11.0 Å². The summed E-state index contributed by atoms with van der Waals surface area (Å²) >= 11 is 0. The zero-order valence-electron chi connectivity index (χ0n) is 14.7. The number of phenolic OH excluding ortho intramolecular Hbond substituents is 1. The Balaban J connectivity index is 1.82. The van der Waals surface area contributed by atoms with Crippen LogP contribution < -0.4 is 5.32 Å². The molecule has 2 aromatic heterocycles. The van der Waals surface area contributed by atoms with E-state index in [9.17, 15) is 15.2 Å². The summed E-state index contributed by atoms with van der Waals surface area (Å²) in [6.07, 6.45) is 3.28. The van der Waals surface area contributed by atoms with Crippen molar-refractivity contribution in [2.45, 2.75) is 6.04 Å². The van der Waals surface area contributed by atoms with E-state index in [4.69, 9.17) is 0 Å². The number of hydrogen-bond acceptors (Lipinski definition) is 6. The molecule has 0 fully saturated rings. The number of rotatable bonds is 5. The molecular weight excluding hydrogens is 356 g/mol. The molecule has 2 aromatic carbocycles. The van der Waals surface area contributed by atoms with Crippen LogP contribution in [-0.2, 0) is 0 Å². The second-order valence-electron chi connectivity index (χ2n) is 6.22. The molecule has 0 saturated heterocycles. The monoisotopic (exact) mass is 372 g/mol. The Labute approximate surface area is 160 Å². The standard InChI is InChI=1S/C21H16N4O3/c26-21-17(10-9-14-5-4-12-23-19(14)21)20(18-8-1-2-11-22-18)24-15-6-3-7-16(13-15)25(27)28/h1-13,20,24,26H/t20-/m0/s1. The number of anilines is 1. The Morgan fingerprint density at radius 2 is 1.82 bits per heavy atom. The predicted octanol–water partition coefficient (Wildman–Crippen LogP) is 4.45. The van der Waals surface area contributed by atoms with E-state index in [0.717, 1.165) is 5.39 Å². The van der Waals surface area contributed by atoms with Gasteiger partial charge < -0.3 is 10.4 Å². The van der Waals surface area contributed by atoms with Crippen LogP contribution in [0, 0.1) is 10.1 Å². The number of nitro benzene ring substituents is 1. The second-order valence-corrected chi connectivity index (χ2v) is 6.22. The molecule has 0 amide bonds. The lowest BCUT2D eigenvalue weighted by Gasteiger charge is -2.21. The highest BCUT2D eigenvalue weighted by Crippen LogP contribution is 2.36. The van der Waals surface area contributed by atoms with Crippen molar-refractivity contribution in [2.24, 2.45) is 0 Å². The van der Waals surface area contributed by atoms with Crippen LogP contribution in [-0.4, -0.2) is 20.0 Å². The molecule has 0 bridgehead atoms. The average Bonchev–Trinajstić information content (AvgIpc) is 2.74. The number of nitro groups is 1. The third kappa shape index (κ3) is 3.33. The molecule has 0 unspecified atom stereocenters. The van der Waals surface area contributed by atoms with Crippen molar-refractivity contribution >= 4 is 22.3 Å². The molecule has 138 valence electrons. The first-order valence-electron chi connectivity index (χ1n) is 8.62. The number of nitrogens with one attached hydrogen (secondary N) is 1. The first kappa shape index (κ1) is 17.4. The first-order chi connectivity index (χ1) is 13.6. The predicted molar refractivity (Wildman–Crippen MR) is 106 cm³/mol. The van der Waals surface area contributed by atoms with Crippen LogP contribution >= 0.6 is 0 Å². The number of benzene rings is 2. The van der Waals surface area contributed by atoms with E-state index in [1.807, 2.05) is 30.3 Å². The summed E-state index contributed by atoms with van der Waals surface area (Å²) in [6, 6.07) is 18.5. The lowest BCUT2D eigenvalue weighted by molar-refractivity contribution is -0.384. The lowest BCUT2D eigenvalue weighted by Crippen LogP contribution is -2.14.